The maximum Gasteiger partial charge on any atom is 0.0327 e. The fourth-order valence-electron chi connectivity index (χ4n) is 0.0357. The van der Waals surface area contributed by atoms with Crippen molar-refractivity contribution in [1.29, 1.82) is 5.16 Å². The van der Waals surface area contributed by atoms with Gasteiger partial charge in [-0.15, -0.1) is 0 Å². The molecule has 0 fully saturated rings. The molecule has 0 saturated heterocycles. The molecule has 0 bridgehead atoms. The molecule has 0 saturated carbocycles. The zero-order chi connectivity index (χ0) is 4.99. The first kappa shape index (κ1) is 7.69. The number of rotatable bonds is 2. The SMILES string of the molecule is N=[PH](CI)CI. The van der Waals surface area contributed by atoms with E-state index >= 15 is 0 Å². The Labute approximate surface area is 65.8 Å². The summed E-state index contributed by atoms with van der Waals surface area (Å²) in [4.78, 5) is 0. The van der Waals surface area contributed by atoms with Crippen LogP contribution in [0.15, 0.2) is 0 Å². The summed E-state index contributed by atoms with van der Waals surface area (Å²) in [6, 6.07) is 0. The summed E-state index contributed by atoms with van der Waals surface area (Å²) in [5.41, 5.74) is 0. The molecule has 38 valence electrons. The summed E-state index contributed by atoms with van der Waals surface area (Å²) in [5.74, 6) is 0. The highest BCUT2D eigenvalue weighted by Gasteiger charge is 1.81. The maximum atomic E-state index is 7.16. The van der Waals surface area contributed by atoms with Crippen LogP contribution in [0.3, 0.4) is 0 Å². The normalized spacial score (nSPS) is 9.83. The fraction of sp³-hybridized carbons (Fsp3) is 1.00. The molecule has 0 aliphatic carbocycles. The van der Waals surface area contributed by atoms with E-state index in [1.165, 1.54) is 0 Å². The zero-order valence-electron chi connectivity index (χ0n) is 3.17. The second-order valence-corrected chi connectivity index (χ2v) is 7.19. The van der Waals surface area contributed by atoms with Crippen molar-refractivity contribution < 1.29 is 0 Å². The van der Waals surface area contributed by atoms with Crippen LogP contribution in [0, 0.1) is 5.16 Å². The molecule has 1 nitrogen and oxygen atoms in total. The van der Waals surface area contributed by atoms with Crippen molar-refractivity contribution >= 4 is 52.9 Å². The Bertz CT molecular complexity index is 49.5. The first-order valence-electron chi connectivity index (χ1n) is 1.49. The molecule has 0 aliphatic rings. The second-order valence-electron chi connectivity index (χ2n) is 0.871. The Morgan fingerprint density at radius 2 is 1.67 bits per heavy atom. The van der Waals surface area contributed by atoms with Crippen molar-refractivity contribution in [2.75, 3.05) is 8.34 Å². The minimum atomic E-state index is -0.645. The predicted octanol–water partition coefficient (Wildman–Crippen LogP) is 2.75. The number of hydrogen-bond acceptors (Lipinski definition) is 1. The predicted molar refractivity (Wildman–Crippen MR) is 48.8 cm³/mol. The van der Waals surface area contributed by atoms with Gasteiger partial charge in [0.15, 0.2) is 0 Å². The average molecular weight is 329 g/mol. The van der Waals surface area contributed by atoms with Crippen LogP contribution in [0.25, 0.3) is 0 Å². The van der Waals surface area contributed by atoms with Gasteiger partial charge in [0.25, 0.3) is 0 Å². The summed E-state index contributed by atoms with van der Waals surface area (Å²) in [7, 11) is -0.645. The lowest BCUT2D eigenvalue weighted by Crippen LogP contribution is -1.56. The van der Waals surface area contributed by atoms with Gasteiger partial charge in [0.2, 0.25) is 0 Å². The molecule has 0 aromatic heterocycles. The van der Waals surface area contributed by atoms with Crippen molar-refractivity contribution in [3.05, 3.63) is 0 Å². The summed E-state index contributed by atoms with van der Waals surface area (Å²) in [6.45, 7) is 0. The molecule has 1 N–H and O–H groups in total. The van der Waals surface area contributed by atoms with Crippen molar-refractivity contribution in [1.82, 2.24) is 0 Å². The quantitative estimate of drug-likeness (QED) is 0.458. The van der Waals surface area contributed by atoms with E-state index in [1.54, 1.807) is 0 Å². The average Bonchev–Trinajstić information content (AvgIpc) is 1.65. The number of halogens is 2. The Kier molecular flexibility index (Phi) is 6.20. The lowest BCUT2D eigenvalue weighted by Gasteiger charge is -1.86. The molecule has 0 aromatic carbocycles. The molecule has 0 radical (unpaired) electrons. The van der Waals surface area contributed by atoms with Crippen molar-refractivity contribution in [2.24, 2.45) is 0 Å². The smallest absolute Gasteiger partial charge is 0.0327 e. The van der Waals surface area contributed by atoms with Gasteiger partial charge in [0.05, 0.1) is 0 Å². The van der Waals surface area contributed by atoms with Crippen LogP contribution in [-0.2, 0) is 0 Å². The zero-order valence-corrected chi connectivity index (χ0v) is 8.49. The number of nitrogens with one attached hydrogen (secondary N) is 1. The highest BCUT2D eigenvalue weighted by Crippen LogP contribution is 2.25. The van der Waals surface area contributed by atoms with E-state index in [1.807, 2.05) is 0 Å². The van der Waals surface area contributed by atoms with Crippen LogP contribution >= 0.6 is 52.9 Å². The Morgan fingerprint density at radius 1 is 1.33 bits per heavy atom. The topological polar surface area (TPSA) is 23.9 Å². The Hall–Kier alpha value is 1.69. The molecule has 0 unspecified atom stereocenters. The van der Waals surface area contributed by atoms with E-state index in [0.29, 0.717) is 0 Å². The third-order valence-corrected chi connectivity index (χ3v) is 6.49. The third-order valence-electron chi connectivity index (χ3n) is 0.323. The fourth-order valence-corrected chi connectivity index (χ4v) is 4.82. The number of alkyl halides is 2. The van der Waals surface area contributed by atoms with Crippen LogP contribution in [0.5, 0.6) is 0 Å². The van der Waals surface area contributed by atoms with Crippen LogP contribution in [0.4, 0.5) is 0 Å². The van der Waals surface area contributed by atoms with Gasteiger partial charge in [-0.3, -0.25) is 0 Å². The van der Waals surface area contributed by atoms with Crippen molar-refractivity contribution in [2.45, 2.75) is 0 Å². The summed E-state index contributed by atoms with van der Waals surface area (Å²) < 4.78 is 2.12. The number of hydrogen-bond donors (Lipinski definition) is 1. The highest BCUT2D eigenvalue weighted by atomic mass is 127. The minimum absolute atomic E-state index is 0.645. The molecular formula is C2H6I2NP. The van der Waals surface area contributed by atoms with Crippen LogP contribution in [-0.4, -0.2) is 8.34 Å². The lowest BCUT2D eigenvalue weighted by molar-refractivity contribution is 1.61. The standard InChI is InChI=1S/C2H6I2NP/c3-1-6(5)2-4/h5-6H,1-2H2. The van der Waals surface area contributed by atoms with E-state index in [0.717, 1.165) is 8.34 Å². The van der Waals surface area contributed by atoms with Crippen LogP contribution in [0.2, 0.25) is 0 Å². The summed E-state index contributed by atoms with van der Waals surface area (Å²) in [6.07, 6.45) is 0. The third kappa shape index (κ3) is 3.87. The van der Waals surface area contributed by atoms with Gasteiger partial charge >= 0.3 is 0 Å². The molecule has 0 aliphatic heterocycles. The van der Waals surface area contributed by atoms with E-state index in [9.17, 15) is 0 Å². The first-order chi connectivity index (χ1) is 2.81. The molecule has 0 heterocycles. The van der Waals surface area contributed by atoms with Gasteiger partial charge < -0.3 is 5.16 Å². The highest BCUT2D eigenvalue weighted by molar-refractivity contribution is 14.1. The van der Waals surface area contributed by atoms with E-state index < -0.39 is 7.71 Å². The Balaban J connectivity index is 2.99. The minimum Gasteiger partial charge on any atom is -0.320 e. The monoisotopic (exact) mass is 329 g/mol. The molecule has 0 spiro atoms. The van der Waals surface area contributed by atoms with E-state index in [-0.39, 0.29) is 0 Å². The van der Waals surface area contributed by atoms with Gasteiger partial charge in [-0.2, -0.15) is 0 Å². The second kappa shape index (κ2) is 4.84. The van der Waals surface area contributed by atoms with E-state index in [4.69, 9.17) is 5.16 Å². The van der Waals surface area contributed by atoms with Gasteiger partial charge in [-0.05, 0) is 7.71 Å². The lowest BCUT2D eigenvalue weighted by atomic mass is 11.9. The van der Waals surface area contributed by atoms with E-state index in [2.05, 4.69) is 45.2 Å². The molecule has 0 aromatic rings. The molecule has 0 rings (SSSR count). The van der Waals surface area contributed by atoms with Gasteiger partial charge in [0, 0.05) is 8.34 Å². The van der Waals surface area contributed by atoms with Gasteiger partial charge in [0.1, 0.15) is 0 Å². The van der Waals surface area contributed by atoms with Gasteiger partial charge in [-0.1, -0.05) is 45.2 Å². The summed E-state index contributed by atoms with van der Waals surface area (Å²) in [5, 5.41) is 7.16. The molecule has 0 amide bonds. The Morgan fingerprint density at radius 3 is 1.67 bits per heavy atom. The molecular weight excluding hydrogens is 323 g/mol. The molecule has 6 heavy (non-hydrogen) atoms. The molecule has 4 heteroatoms. The largest absolute Gasteiger partial charge is 0.320 e. The summed E-state index contributed by atoms with van der Waals surface area (Å²) >= 11 is 4.53. The van der Waals surface area contributed by atoms with Crippen LogP contribution < -0.4 is 0 Å². The van der Waals surface area contributed by atoms with Crippen molar-refractivity contribution in [3.8, 4) is 0 Å². The van der Waals surface area contributed by atoms with Crippen molar-refractivity contribution in [3.63, 3.8) is 0 Å². The van der Waals surface area contributed by atoms with Crippen LogP contribution in [0.1, 0.15) is 0 Å². The first-order valence-corrected chi connectivity index (χ1v) is 6.46. The maximum absolute atomic E-state index is 7.16. The molecule has 0 atom stereocenters. The van der Waals surface area contributed by atoms with Gasteiger partial charge in [-0.25, -0.2) is 0 Å².